The van der Waals surface area contributed by atoms with Gasteiger partial charge in [0.05, 0.1) is 7.11 Å². The Kier molecular flexibility index (Phi) is 3.46. The van der Waals surface area contributed by atoms with Gasteiger partial charge in [-0.25, -0.2) is 0 Å². The molecule has 0 aliphatic carbocycles. The minimum absolute atomic E-state index is 0.271. The summed E-state index contributed by atoms with van der Waals surface area (Å²) in [5.41, 5.74) is 2.15. The molecule has 1 unspecified atom stereocenters. The van der Waals surface area contributed by atoms with Crippen LogP contribution in [0.3, 0.4) is 0 Å². The first-order valence-electron chi connectivity index (χ1n) is 4.41. The first-order valence-corrected chi connectivity index (χ1v) is 4.41. The van der Waals surface area contributed by atoms with Crippen LogP contribution in [-0.2, 0) is 5.60 Å². The van der Waals surface area contributed by atoms with E-state index in [4.69, 9.17) is 10.6 Å². The fraction of sp³-hybridized carbons (Fsp3) is 0.400. The van der Waals surface area contributed by atoms with Gasteiger partial charge in [0.15, 0.2) is 0 Å². The Morgan fingerprint density at radius 2 is 2.14 bits per heavy atom. The second-order valence-electron chi connectivity index (χ2n) is 3.36. The van der Waals surface area contributed by atoms with Crippen LogP contribution in [0.15, 0.2) is 24.3 Å². The van der Waals surface area contributed by atoms with E-state index in [1.54, 1.807) is 20.1 Å². The normalized spacial score (nSPS) is 14.9. The van der Waals surface area contributed by atoms with E-state index in [1.807, 2.05) is 18.2 Å². The van der Waals surface area contributed by atoms with Gasteiger partial charge in [-0.15, -0.1) is 0 Å². The highest BCUT2D eigenvalue weighted by Gasteiger charge is 2.25. The first-order chi connectivity index (χ1) is 6.61. The minimum Gasteiger partial charge on any atom is -0.496 e. The highest BCUT2D eigenvalue weighted by Crippen LogP contribution is 2.28. The predicted molar refractivity (Wildman–Crippen MR) is 54.8 cm³/mol. The summed E-state index contributed by atoms with van der Waals surface area (Å²) in [5.74, 6) is 5.85. The summed E-state index contributed by atoms with van der Waals surface area (Å²) in [6.45, 7) is 1.96. The van der Waals surface area contributed by atoms with Crippen LogP contribution in [0.5, 0.6) is 5.75 Å². The Morgan fingerprint density at radius 3 is 2.71 bits per heavy atom. The number of rotatable bonds is 4. The van der Waals surface area contributed by atoms with Crippen LogP contribution in [0.1, 0.15) is 12.5 Å². The molecule has 0 saturated heterocycles. The molecule has 1 aromatic carbocycles. The van der Waals surface area contributed by atoms with Crippen molar-refractivity contribution in [1.29, 1.82) is 0 Å². The summed E-state index contributed by atoms with van der Waals surface area (Å²) in [6, 6.07) is 7.33. The van der Waals surface area contributed by atoms with Crippen LogP contribution in [-0.4, -0.2) is 18.8 Å². The molecule has 0 radical (unpaired) electrons. The van der Waals surface area contributed by atoms with Crippen LogP contribution >= 0.6 is 0 Å². The number of hydrazine groups is 1. The maximum atomic E-state index is 10.1. The maximum Gasteiger partial charge on any atom is 0.124 e. The quantitative estimate of drug-likeness (QED) is 0.480. The third kappa shape index (κ3) is 2.23. The Labute approximate surface area is 83.7 Å². The van der Waals surface area contributed by atoms with Gasteiger partial charge in [0.2, 0.25) is 0 Å². The van der Waals surface area contributed by atoms with Crippen LogP contribution in [0.2, 0.25) is 0 Å². The number of benzene rings is 1. The molecular formula is C10H16N2O2. The lowest BCUT2D eigenvalue weighted by atomic mass is 9.95. The van der Waals surface area contributed by atoms with E-state index in [-0.39, 0.29) is 6.54 Å². The summed E-state index contributed by atoms with van der Waals surface area (Å²) in [4.78, 5) is 0. The molecule has 0 amide bonds. The highest BCUT2D eigenvalue weighted by atomic mass is 16.5. The molecule has 0 aliphatic rings. The lowest BCUT2D eigenvalue weighted by molar-refractivity contribution is 0.0546. The summed E-state index contributed by atoms with van der Waals surface area (Å²) in [7, 11) is 1.57. The zero-order valence-electron chi connectivity index (χ0n) is 8.45. The SMILES string of the molecule is COc1ccccc1C(C)(O)CNN. The van der Waals surface area contributed by atoms with Crippen molar-refractivity contribution in [2.75, 3.05) is 13.7 Å². The molecule has 14 heavy (non-hydrogen) atoms. The average molecular weight is 196 g/mol. The van der Waals surface area contributed by atoms with Crippen LogP contribution in [0.25, 0.3) is 0 Å². The second kappa shape index (κ2) is 4.41. The topological polar surface area (TPSA) is 67.5 Å². The molecule has 78 valence electrons. The van der Waals surface area contributed by atoms with Crippen molar-refractivity contribution in [3.8, 4) is 5.75 Å². The van der Waals surface area contributed by atoms with Gasteiger partial charge in [0.1, 0.15) is 11.4 Å². The molecule has 1 atom stereocenters. The molecule has 0 aromatic heterocycles. The molecule has 4 N–H and O–H groups in total. The highest BCUT2D eigenvalue weighted by molar-refractivity contribution is 5.37. The van der Waals surface area contributed by atoms with Crippen molar-refractivity contribution >= 4 is 0 Å². The molecule has 0 aliphatic heterocycles. The van der Waals surface area contributed by atoms with Crippen molar-refractivity contribution in [3.63, 3.8) is 0 Å². The second-order valence-corrected chi connectivity index (χ2v) is 3.36. The number of para-hydroxylation sites is 1. The number of nitrogens with one attached hydrogen (secondary N) is 1. The number of aliphatic hydroxyl groups is 1. The molecule has 0 saturated carbocycles. The predicted octanol–water partition coefficient (Wildman–Crippen LogP) is 0.366. The summed E-state index contributed by atoms with van der Waals surface area (Å²) in [6.07, 6.45) is 0. The van der Waals surface area contributed by atoms with Gasteiger partial charge in [-0.2, -0.15) is 0 Å². The molecule has 4 nitrogen and oxygen atoms in total. The van der Waals surface area contributed by atoms with Crippen LogP contribution < -0.4 is 16.0 Å². The van der Waals surface area contributed by atoms with Crippen molar-refractivity contribution in [2.24, 2.45) is 5.84 Å². The van der Waals surface area contributed by atoms with Gasteiger partial charge in [0, 0.05) is 12.1 Å². The van der Waals surface area contributed by atoms with E-state index in [0.717, 1.165) is 5.56 Å². The Morgan fingerprint density at radius 1 is 1.50 bits per heavy atom. The Bertz CT molecular complexity index is 300. The molecule has 0 spiro atoms. The van der Waals surface area contributed by atoms with E-state index < -0.39 is 5.60 Å². The fourth-order valence-electron chi connectivity index (χ4n) is 1.38. The number of ether oxygens (including phenoxy) is 1. The van der Waals surface area contributed by atoms with Gasteiger partial charge < -0.3 is 9.84 Å². The molecule has 4 heteroatoms. The zero-order valence-corrected chi connectivity index (χ0v) is 8.45. The van der Waals surface area contributed by atoms with Crippen LogP contribution in [0, 0.1) is 0 Å². The van der Waals surface area contributed by atoms with Crippen molar-refractivity contribution in [2.45, 2.75) is 12.5 Å². The standard InChI is InChI=1S/C10H16N2O2/c1-10(13,7-12-11)8-5-3-4-6-9(8)14-2/h3-6,12-13H,7,11H2,1-2H3. The van der Waals surface area contributed by atoms with E-state index in [9.17, 15) is 5.11 Å². The van der Waals surface area contributed by atoms with Gasteiger partial charge in [-0.1, -0.05) is 18.2 Å². The van der Waals surface area contributed by atoms with Gasteiger partial charge >= 0.3 is 0 Å². The number of hydrogen-bond donors (Lipinski definition) is 3. The summed E-state index contributed by atoms with van der Waals surface area (Å²) < 4.78 is 5.15. The molecule has 0 bridgehead atoms. The first kappa shape index (κ1) is 11.0. The fourth-order valence-corrected chi connectivity index (χ4v) is 1.38. The lowest BCUT2D eigenvalue weighted by Crippen LogP contribution is -2.39. The Balaban J connectivity index is 3.04. The third-order valence-corrected chi connectivity index (χ3v) is 2.13. The monoisotopic (exact) mass is 196 g/mol. The molecule has 1 rings (SSSR count). The van der Waals surface area contributed by atoms with E-state index in [0.29, 0.717) is 5.75 Å². The third-order valence-electron chi connectivity index (χ3n) is 2.13. The maximum absolute atomic E-state index is 10.1. The van der Waals surface area contributed by atoms with Crippen LogP contribution in [0.4, 0.5) is 0 Å². The number of nitrogens with two attached hydrogens (primary N) is 1. The Hall–Kier alpha value is -1.10. The molecule has 0 fully saturated rings. The van der Waals surface area contributed by atoms with E-state index in [1.165, 1.54) is 0 Å². The van der Waals surface area contributed by atoms with E-state index >= 15 is 0 Å². The molecular weight excluding hydrogens is 180 g/mol. The summed E-state index contributed by atoms with van der Waals surface area (Å²) in [5, 5.41) is 10.1. The number of methoxy groups -OCH3 is 1. The largest absolute Gasteiger partial charge is 0.496 e. The summed E-state index contributed by atoms with van der Waals surface area (Å²) >= 11 is 0. The van der Waals surface area contributed by atoms with Gasteiger partial charge in [-0.3, -0.25) is 11.3 Å². The van der Waals surface area contributed by atoms with E-state index in [2.05, 4.69) is 5.43 Å². The molecule has 1 aromatic rings. The van der Waals surface area contributed by atoms with Crippen molar-refractivity contribution in [3.05, 3.63) is 29.8 Å². The lowest BCUT2D eigenvalue weighted by Gasteiger charge is -2.25. The zero-order chi connectivity index (χ0) is 10.6. The van der Waals surface area contributed by atoms with Gasteiger partial charge in [0.25, 0.3) is 0 Å². The van der Waals surface area contributed by atoms with Crippen molar-refractivity contribution < 1.29 is 9.84 Å². The number of hydrogen-bond acceptors (Lipinski definition) is 4. The smallest absolute Gasteiger partial charge is 0.124 e. The molecule has 0 heterocycles. The van der Waals surface area contributed by atoms with Crippen molar-refractivity contribution in [1.82, 2.24) is 5.43 Å². The minimum atomic E-state index is -1.03. The van der Waals surface area contributed by atoms with Gasteiger partial charge in [-0.05, 0) is 13.0 Å². The average Bonchev–Trinajstić information content (AvgIpc) is 2.18.